The SMILES string of the molecule is CO[C@@H]1C[C@H](C(=O)N(c2ccc(S(F)(F)(F)(F)F)cc2)C(C(=O)NCC(=O)N2CCCC2)c2cccnc2)N(C(=O)OCc2ccccc2)C1. The molecule has 3 heterocycles. The number of rotatable bonds is 11. The van der Waals surface area contributed by atoms with Crippen LogP contribution in [0.5, 0.6) is 0 Å². The number of nitrogens with zero attached hydrogens (tertiary/aromatic N) is 4. The fraction of sp³-hybridized carbons (Fsp3) is 0.364. The van der Waals surface area contributed by atoms with Gasteiger partial charge >= 0.3 is 16.3 Å². The molecule has 2 aliphatic heterocycles. The molecule has 0 bridgehead atoms. The smallest absolute Gasteiger partial charge is 0.410 e. The minimum atomic E-state index is -10.1. The molecule has 2 aromatic carbocycles. The summed E-state index contributed by atoms with van der Waals surface area (Å²) >= 11 is 0. The zero-order chi connectivity index (χ0) is 36.2. The number of benzene rings is 2. The van der Waals surface area contributed by atoms with E-state index in [1.165, 1.54) is 31.6 Å². The molecule has 1 aromatic heterocycles. The van der Waals surface area contributed by atoms with E-state index in [2.05, 4.69) is 10.3 Å². The Morgan fingerprint density at radius 3 is 2.24 bits per heavy atom. The van der Waals surface area contributed by atoms with E-state index in [1.54, 1.807) is 35.2 Å². The van der Waals surface area contributed by atoms with Crippen molar-refractivity contribution in [2.24, 2.45) is 0 Å². The van der Waals surface area contributed by atoms with Crippen LogP contribution in [0.3, 0.4) is 0 Å². The van der Waals surface area contributed by atoms with Gasteiger partial charge in [-0.15, -0.1) is 0 Å². The summed E-state index contributed by atoms with van der Waals surface area (Å²) in [6.45, 7) is 0.310. The molecule has 0 spiro atoms. The van der Waals surface area contributed by atoms with Gasteiger partial charge in [-0.1, -0.05) is 55.8 Å². The molecule has 11 nitrogen and oxygen atoms in total. The molecule has 0 aliphatic carbocycles. The predicted octanol–water partition coefficient (Wildman–Crippen LogP) is 5.98. The lowest BCUT2D eigenvalue weighted by atomic mass is 10.0. The monoisotopic (exact) mass is 725 g/mol. The Morgan fingerprint density at radius 1 is 0.960 bits per heavy atom. The lowest BCUT2D eigenvalue weighted by Gasteiger charge is -2.41. The first-order chi connectivity index (χ1) is 23.6. The van der Waals surface area contributed by atoms with Gasteiger partial charge < -0.3 is 19.7 Å². The highest BCUT2D eigenvalue weighted by Gasteiger charge is 2.65. The highest BCUT2D eigenvalue weighted by atomic mass is 32.5. The van der Waals surface area contributed by atoms with Crippen molar-refractivity contribution >= 4 is 39.7 Å². The summed E-state index contributed by atoms with van der Waals surface area (Å²) in [4.78, 5) is 60.1. The molecular weight excluding hydrogens is 689 g/mol. The van der Waals surface area contributed by atoms with Gasteiger partial charge in [0.1, 0.15) is 23.6 Å². The Balaban J connectivity index is 1.54. The van der Waals surface area contributed by atoms with E-state index in [0.29, 0.717) is 30.8 Å². The van der Waals surface area contributed by atoms with Crippen molar-refractivity contribution in [2.75, 3.05) is 38.2 Å². The van der Waals surface area contributed by atoms with E-state index < -0.39 is 57.8 Å². The van der Waals surface area contributed by atoms with Crippen molar-refractivity contribution in [1.82, 2.24) is 20.1 Å². The molecule has 17 heteroatoms. The highest BCUT2D eigenvalue weighted by Crippen LogP contribution is 3.02. The lowest BCUT2D eigenvalue weighted by Crippen LogP contribution is -2.53. The maximum Gasteiger partial charge on any atom is 0.410 e. The molecule has 5 rings (SSSR count). The molecule has 50 heavy (non-hydrogen) atoms. The number of carbonyl (C=O) groups excluding carboxylic acids is 4. The minimum absolute atomic E-state index is 0.0863. The van der Waals surface area contributed by atoms with Crippen molar-refractivity contribution in [3.63, 3.8) is 0 Å². The summed E-state index contributed by atoms with van der Waals surface area (Å²) in [5.41, 5.74) is 0.380. The summed E-state index contributed by atoms with van der Waals surface area (Å²) < 4.78 is 79.4. The zero-order valence-electron chi connectivity index (χ0n) is 26.9. The number of amides is 4. The molecule has 2 saturated heterocycles. The average Bonchev–Trinajstić information content (AvgIpc) is 3.79. The van der Waals surface area contributed by atoms with Crippen LogP contribution in [0.25, 0.3) is 0 Å². The van der Waals surface area contributed by atoms with Crippen molar-refractivity contribution in [3.05, 3.63) is 90.3 Å². The summed E-state index contributed by atoms with van der Waals surface area (Å²) in [7, 11) is -8.75. The Bertz CT molecular complexity index is 1700. The molecule has 1 unspecified atom stereocenters. The number of nitrogens with one attached hydrogen (secondary N) is 1. The van der Waals surface area contributed by atoms with Crippen LogP contribution in [0.2, 0.25) is 0 Å². The molecule has 0 radical (unpaired) electrons. The molecule has 3 atom stereocenters. The van der Waals surface area contributed by atoms with E-state index in [1.807, 2.05) is 0 Å². The van der Waals surface area contributed by atoms with Gasteiger partial charge in [0.15, 0.2) is 0 Å². The highest BCUT2D eigenvalue weighted by molar-refractivity contribution is 8.45. The number of aromatic nitrogens is 1. The van der Waals surface area contributed by atoms with E-state index in [4.69, 9.17) is 9.47 Å². The molecule has 2 aliphatic rings. The Morgan fingerprint density at radius 2 is 1.64 bits per heavy atom. The standard InChI is InChI=1S/C33H36F5N5O6S/c1-48-26-18-28(42(21-26)33(47)49-22-23-8-3-2-4-9-23)32(46)43(25-11-13-27(14-12-25)50(34,35,36,37)38)30(24-10-7-15-39-19-24)31(45)40-20-29(44)41-16-5-6-17-41/h2-4,7-15,19,26,28,30H,5-6,16-18,20-22H2,1H3,(H,40,45)/t26-,28-,30?/m1/s1. The van der Waals surface area contributed by atoms with Crippen molar-refractivity contribution in [2.45, 2.75) is 49.0 Å². The number of ether oxygens (including phenoxy) is 2. The Kier molecular flexibility index (Phi) is 10.1. The largest absolute Gasteiger partial charge is 0.445 e. The molecule has 2 fully saturated rings. The molecule has 4 amide bonds. The third kappa shape index (κ3) is 8.68. The van der Waals surface area contributed by atoms with Gasteiger partial charge in [0.05, 0.1) is 19.2 Å². The zero-order valence-corrected chi connectivity index (χ0v) is 27.7. The van der Waals surface area contributed by atoms with E-state index in [-0.39, 0.29) is 48.9 Å². The van der Waals surface area contributed by atoms with Crippen LogP contribution in [0, 0.1) is 0 Å². The third-order valence-electron chi connectivity index (χ3n) is 8.50. The second-order valence-electron chi connectivity index (χ2n) is 12.0. The van der Waals surface area contributed by atoms with Gasteiger partial charge in [0.25, 0.3) is 5.91 Å². The fourth-order valence-corrected chi connectivity index (χ4v) is 6.58. The first-order valence-electron chi connectivity index (χ1n) is 15.7. The maximum absolute atomic E-state index is 14.7. The van der Waals surface area contributed by atoms with Gasteiger partial charge in [0.2, 0.25) is 11.8 Å². The topological polar surface area (TPSA) is 121 Å². The number of pyridine rings is 1. The first-order valence-corrected chi connectivity index (χ1v) is 17.6. The first kappa shape index (κ1) is 36.5. The second-order valence-corrected chi connectivity index (χ2v) is 14.4. The number of anilines is 1. The fourth-order valence-electron chi connectivity index (χ4n) is 5.93. The van der Waals surface area contributed by atoms with Crippen LogP contribution in [-0.4, -0.2) is 84.0 Å². The number of halogens is 5. The number of likely N-dealkylation sites (tertiary alicyclic amines) is 2. The predicted molar refractivity (Wildman–Crippen MR) is 174 cm³/mol. The lowest BCUT2D eigenvalue weighted by molar-refractivity contribution is -0.133. The van der Waals surface area contributed by atoms with Crippen LogP contribution < -0.4 is 10.2 Å². The van der Waals surface area contributed by atoms with E-state index in [9.17, 15) is 38.6 Å². The number of hydrogen-bond acceptors (Lipinski definition) is 7. The van der Waals surface area contributed by atoms with Gasteiger partial charge in [-0.05, 0) is 48.7 Å². The number of carbonyl (C=O) groups is 4. The van der Waals surface area contributed by atoms with Crippen molar-refractivity contribution in [3.8, 4) is 0 Å². The quantitative estimate of drug-likeness (QED) is 0.242. The van der Waals surface area contributed by atoms with Gasteiger partial charge in [-0.2, -0.15) is 0 Å². The Labute approximate surface area is 285 Å². The van der Waals surface area contributed by atoms with Crippen LogP contribution in [-0.2, 0) is 30.5 Å². The summed E-state index contributed by atoms with van der Waals surface area (Å²) in [6, 6.07) is 10.1. The van der Waals surface area contributed by atoms with E-state index >= 15 is 0 Å². The van der Waals surface area contributed by atoms with Gasteiger partial charge in [-0.25, -0.2) is 4.79 Å². The van der Waals surface area contributed by atoms with Crippen LogP contribution in [0.4, 0.5) is 29.9 Å². The molecular formula is C33H36F5N5O6S. The van der Waals surface area contributed by atoms with Crippen molar-refractivity contribution in [1.29, 1.82) is 0 Å². The maximum atomic E-state index is 14.7. The van der Waals surface area contributed by atoms with Gasteiger partial charge in [-0.3, -0.25) is 29.2 Å². The third-order valence-corrected chi connectivity index (χ3v) is 9.66. The second kappa shape index (κ2) is 13.9. The Hall–Kier alpha value is -4.77. The van der Waals surface area contributed by atoms with Gasteiger partial charge in [0, 0.05) is 50.3 Å². The van der Waals surface area contributed by atoms with E-state index in [0.717, 1.165) is 22.6 Å². The summed E-state index contributed by atoms with van der Waals surface area (Å²) in [6.07, 6.45) is 2.55. The average molecular weight is 726 g/mol. The minimum Gasteiger partial charge on any atom is -0.445 e. The van der Waals surface area contributed by atoms with Crippen LogP contribution in [0.15, 0.2) is 84.0 Å². The molecule has 0 saturated carbocycles. The molecule has 270 valence electrons. The van der Waals surface area contributed by atoms with Crippen molar-refractivity contribution < 1.29 is 48.1 Å². The van der Waals surface area contributed by atoms with Crippen LogP contribution >= 0.6 is 10.2 Å². The summed E-state index contributed by atoms with van der Waals surface area (Å²) in [5.74, 6) is -2.24. The molecule has 3 aromatic rings. The summed E-state index contributed by atoms with van der Waals surface area (Å²) in [5, 5.41) is 2.52. The normalized spacial score (nSPS) is 19.6. The number of methoxy groups -OCH3 is 1. The van der Waals surface area contributed by atoms with Crippen LogP contribution in [0.1, 0.15) is 36.4 Å². The number of hydrogen-bond donors (Lipinski definition) is 1. The molecule has 1 N–H and O–H groups in total.